The van der Waals surface area contributed by atoms with E-state index < -0.39 is 5.60 Å². The average Bonchev–Trinajstić information content (AvgIpc) is 3.56. The number of piperazine rings is 1. The number of amides is 1. The van der Waals surface area contributed by atoms with Crippen LogP contribution in [0.15, 0.2) is 17.0 Å². The third-order valence-corrected chi connectivity index (χ3v) is 8.28. The maximum absolute atomic E-state index is 13.1. The topological polar surface area (TPSA) is 157 Å². The van der Waals surface area contributed by atoms with E-state index in [0.717, 1.165) is 43.3 Å². The number of fused-ring (bicyclic) bond motifs is 3. The Bertz CT molecular complexity index is 1270. The lowest BCUT2D eigenvalue weighted by Gasteiger charge is -2.48. The minimum atomic E-state index is -0.558. The molecule has 12 nitrogen and oxygen atoms in total. The highest BCUT2D eigenvalue weighted by molar-refractivity contribution is 5.95. The van der Waals surface area contributed by atoms with Gasteiger partial charge in [-0.2, -0.15) is 4.98 Å². The molecule has 1 amide bonds. The van der Waals surface area contributed by atoms with E-state index in [2.05, 4.69) is 42.2 Å². The molecule has 3 aromatic heterocycles. The van der Waals surface area contributed by atoms with Crippen molar-refractivity contribution in [2.24, 2.45) is 11.8 Å². The summed E-state index contributed by atoms with van der Waals surface area (Å²) < 4.78 is 5.42. The summed E-state index contributed by atoms with van der Waals surface area (Å²) in [4.78, 5) is 33.3. The van der Waals surface area contributed by atoms with Gasteiger partial charge in [0.15, 0.2) is 5.65 Å². The maximum Gasteiger partial charge on any atom is 0.316 e. The Morgan fingerprint density at radius 2 is 2.11 bits per heavy atom. The van der Waals surface area contributed by atoms with Crippen LogP contribution in [0.4, 0.5) is 5.69 Å². The van der Waals surface area contributed by atoms with Crippen LogP contribution in [-0.4, -0.2) is 102 Å². The predicted octanol–water partition coefficient (Wildman–Crippen LogP) is 1.50. The second-order valence-corrected chi connectivity index (χ2v) is 11.0. The Morgan fingerprint density at radius 1 is 1.27 bits per heavy atom. The highest BCUT2D eigenvalue weighted by Gasteiger charge is 2.45. The van der Waals surface area contributed by atoms with Crippen LogP contribution < -0.4 is 5.32 Å². The quantitative estimate of drug-likeness (QED) is 0.383. The number of aliphatic hydroxyl groups is 2. The first-order chi connectivity index (χ1) is 17.9. The lowest BCUT2D eigenvalue weighted by atomic mass is 9.64. The molecule has 3 fully saturated rings. The highest BCUT2D eigenvalue weighted by Crippen LogP contribution is 2.46. The van der Waals surface area contributed by atoms with Gasteiger partial charge in [0.05, 0.1) is 29.8 Å². The molecule has 4 atom stereocenters. The average molecular weight is 511 g/mol. The number of aromatic nitrogens is 5. The fourth-order valence-electron chi connectivity index (χ4n) is 6.53. The summed E-state index contributed by atoms with van der Waals surface area (Å²) in [6, 6.07) is 0.180. The number of aromatic amines is 1. The molecule has 0 aromatic carbocycles. The van der Waals surface area contributed by atoms with E-state index in [4.69, 9.17) is 9.63 Å². The van der Waals surface area contributed by atoms with Gasteiger partial charge in [0, 0.05) is 45.0 Å². The maximum atomic E-state index is 13.1. The summed E-state index contributed by atoms with van der Waals surface area (Å²) in [7, 11) is 0. The minimum Gasteiger partial charge on any atom is -0.395 e. The smallest absolute Gasteiger partial charge is 0.316 e. The zero-order valence-corrected chi connectivity index (χ0v) is 21.1. The third kappa shape index (κ3) is 4.69. The number of hydrogen-bond acceptors (Lipinski definition) is 10. The van der Waals surface area contributed by atoms with Crippen molar-refractivity contribution >= 4 is 22.8 Å². The number of nitrogens with one attached hydrogen (secondary N) is 2. The Hall–Kier alpha value is -3.09. The number of hydrogen-bond donors (Lipinski definition) is 4. The largest absolute Gasteiger partial charge is 0.395 e. The third-order valence-electron chi connectivity index (χ3n) is 8.28. The summed E-state index contributed by atoms with van der Waals surface area (Å²) >= 11 is 0. The summed E-state index contributed by atoms with van der Waals surface area (Å²) in [6.07, 6.45) is 7.65. The minimum absolute atomic E-state index is 0.0508. The molecule has 37 heavy (non-hydrogen) atoms. The molecule has 2 aliphatic carbocycles. The van der Waals surface area contributed by atoms with Crippen LogP contribution in [0, 0.1) is 11.8 Å². The summed E-state index contributed by atoms with van der Waals surface area (Å²) in [6.45, 7) is 5.39. The van der Waals surface area contributed by atoms with Crippen molar-refractivity contribution in [3.8, 4) is 11.4 Å². The van der Waals surface area contributed by atoms with Crippen LogP contribution in [0.1, 0.15) is 49.7 Å². The van der Waals surface area contributed by atoms with Crippen LogP contribution in [0.25, 0.3) is 22.6 Å². The van der Waals surface area contributed by atoms with Crippen molar-refractivity contribution in [3.63, 3.8) is 0 Å². The van der Waals surface area contributed by atoms with E-state index in [0.29, 0.717) is 55.8 Å². The van der Waals surface area contributed by atoms with Crippen LogP contribution >= 0.6 is 0 Å². The van der Waals surface area contributed by atoms with Crippen molar-refractivity contribution in [1.82, 2.24) is 34.9 Å². The molecule has 198 valence electrons. The van der Waals surface area contributed by atoms with Gasteiger partial charge in [-0.3, -0.25) is 9.69 Å². The number of β-amino-alcohol motifs (C(OH)–C–C–N with tert-alkyl or cyclic N) is 1. The van der Waals surface area contributed by atoms with Gasteiger partial charge in [-0.15, -0.1) is 0 Å². The number of H-pyrrole nitrogens is 1. The van der Waals surface area contributed by atoms with E-state index in [1.54, 1.807) is 17.4 Å². The SMILES string of the molecule is CC1C[C@H]2C[C@](O)(CC[C@@H]2Nc2c(-c3noc(C(=O)N4CCN(CCO)CC4)n3)cnc3nc[nH]c23)C1. The van der Waals surface area contributed by atoms with Gasteiger partial charge >= 0.3 is 11.8 Å². The van der Waals surface area contributed by atoms with Gasteiger partial charge in [0.25, 0.3) is 0 Å². The predicted molar refractivity (Wildman–Crippen MR) is 135 cm³/mol. The highest BCUT2D eigenvalue weighted by atomic mass is 16.5. The van der Waals surface area contributed by atoms with Crippen LogP contribution in [0.5, 0.6) is 0 Å². The zero-order chi connectivity index (χ0) is 25.6. The molecule has 3 aliphatic rings. The molecular formula is C25H34N8O4. The fraction of sp³-hybridized carbons (Fsp3) is 0.640. The molecular weight excluding hydrogens is 476 g/mol. The number of rotatable bonds is 6. The van der Waals surface area contributed by atoms with Crippen LogP contribution in [-0.2, 0) is 0 Å². The Kier molecular flexibility index (Phi) is 6.33. The van der Waals surface area contributed by atoms with E-state index in [-0.39, 0.29) is 30.3 Å². The van der Waals surface area contributed by atoms with Gasteiger partial charge in [0.1, 0.15) is 5.52 Å². The second kappa shape index (κ2) is 9.66. The summed E-state index contributed by atoms with van der Waals surface area (Å²) in [5.41, 5.74) is 2.19. The van der Waals surface area contributed by atoms with Crippen LogP contribution in [0.3, 0.4) is 0 Å². The first-order valence-corrected chi connectivity index (χ1v) is 13.2. The first-order valence-electron chi connectivity index (χ1n) is 13.2. The van der Waals surface area contributed by atoms with E-state index in [1.165, 1.54) is 0 Å². The number of aliphatic hydroxyl groups excluding tert-OH is 1. The zero-order valence-electron chi connectivity index (χ0n) is 21.1. The number of nitrogens with zero attached hydrogens (tertiary/aromatic N) is 6. The van der Waals surface area contributed by atoms with E-state index in [9.17, 15) is 9.90 Å². The van der Waals surface area contributed by atoms with Gasteiger partial charge in [-0.25, -0.2) is 9.97 Å². The molecule has 4 heterocycles. The molecule has 4 N–H and O–H groups in total. The molecule has 0 radical (unpaired) electrons. The van der Waals surface area contributed by atoms with E-state index >= 15 is 0 Å². The first kappa shape index (κ1) is 24.3. The Balaban J connectivity index is 1.25. The molecule has 2 bridgehead atoms. The number of carbonyl (C=O) groups excluding carboxylic acids is 1. The Morgan fingerprint density at radius 3 is 2.92 bits per heavy atom. The monoisotopic (exact) mass is 510 g/mol. The molecule has 3 aromatic rings. The second-order valence-electron chi connectivity index (χ2n) is 11.0. The molecule has 1 aliphatic heterocycles. The van der Waals surface area contributed by atoms with Crippen molar-refractivity contribution in [1.29, 1.82) is 0 Å². The molecule has 1 saturated heterocycles. The summed E-state index contributed by atoms with van der Waals surface area (Å²) in [5.74, 6) is 0.778. The van der Waals surface area contributed by atoms with E-state index in [1.807, 2.05) is 0 Å². The molecule has 12 heteroatoms. The molecule has 2 saturated carbocycles. The summed E-state index contributed by atoms with van der Waals surface area (Å²) in [5, 5.41) is 28.0. The molecule has 1 unspecified atom stereocenters. The number of anilines is 1. The van der Waals surface area contributed by atoms with Gasteiger partial charge < -0.3 is 29.9 Å². The van der Waals surface area contributed by atoms with Crippen molar-refractivity contribution in [3.05, 3.63) is 18.4 Å². The van der Waals surface area contributed by atoms with Crippen molar-refractivity contribution in [2.45, 2.75) is 50.7 Å². The van der Waals surface area contributed by atoms with Crippen molar-refractivity contribution in [2.75, 3.05) is 44.6 Å². The lowest BCUT2D eigenvalue weighted by molar-refractivity contribution is -0.0677. The fourth-order valence-corrected chi connectivity index (χ4v) is 6.53. The Labute approximate surface area is 214 Å². The van der Waals surface area contributed by atoms with Crippen molar-refractivity contribution < 1.29 is 19.5 Å². The standard InChI is InChI=1S/C25H34N8O4/c1-15-10-16-12-25(36,11-15)3-2-18(16)29-19-17(13-26-22-20(19)27-14-28-22)21-30-23(37-31-21)24(35)33-6-4-32(5-7-33)8-9-34/h13-16,18,34,36H,2-12H2,1H3,(H2,26,27,28,29)/t15?,16-,18-,25-/m0/s1. The van der Waals surface area contributed by atoms with Gasteiger partial charge in [0.2, 0.25) is 5.82 Å². The normalized spacial score (nSPS) is 28.5. The van der Waals surface area contributed by atoms with Crippen LogP contribution in [0.2, 0.25) is 0 Å². The van der Waals surface area contributed by atoms with Gasteiger partial charge in [-0.1, -0.05) is 12.1 Å². The number of pyridine rings is 1. The lowest BCUT2D eigenvalue weighted by Crippen LogP contribution is -2.49. The molecule has 6 rings (SSSR count). The van der Waals surface area contributed by atoms with Gasteiger partial charge in [-0.05, 0) is 43.9 Å². The molecule has 0 spiro atoms. The number of imidazole rings is 1. The number of carbonyl (C=O) groups is 1.